The van der Waals surface area contributed by atoms with Gasteiger partial charge in [0.15, 0.2) is 0 Å². The van der Waals surface area contributed by atoms with Gasteiger partial charge in [-0.1, -0.05) is 0 Å². The molecule has 0 saturated carbocycles. The molecule has 0 fully saturated rings. The zero-order valence-corrected chi connectivity index (χ0v) is 14.2. The lowest BCUT2D eigenvalue weighted by Crippen LogP contribution is -2.25. The molecule has 0 radical (unpaired) electrons. The summed E-state index contributed by atoms with van der Waals surface area (Å²) in [7, 11) is -1.85. The summed E-state index contributed by atoms with van der Waals surface area (Å²) in [5, 5.41) is 3.57. The van der Waals surface area contributed by atoms with Crippen molar-refractivity contribution < 1.29 is 8.42 Å². The van der Waals surface area contributed by atoms with Gasteiger partial charge in [-0.2, -0.15) is 4.31 Å². The van der Waals surface area contributed by atoms with Gasteiger partial charge in [0.2, 0.25) is 10.0 Å². The molecule has 0 aromatic carbocycles. The number of thiophene rings is 2. The third-order valence-electron chi connectivity index (χ3n) is 2.54. The van der Waals surface area contributed by atoms with Gasteiger partial charge in [-0.05, 0) is 28.1 Å². The van der Waals surface area contributed by atoms with E-state index in [1.165, 1.54) is 27.0 Å². The van der Waals surface area contributed by atoms with Crippen molar-refractivity contribution in [2.75, 3.05) is 7.05 Å². The Hall–Kier alpha value is -0.250. The molecule has 2 heterocycles. The van der Waals surface area contributed by atoms with Gasteiger partial charge < -0.3 is 5.73 Å². The molecule has 0 aliphatic carbocycles. The maximum atomic E-state index is 12.4. The van der Waals surface area contributed by atoms with Crippen molar-refractivity contribution in [1.29, 1.82) is 0 Å². The Morgan fingerprint density at radius 2 is 1.95 bits per heavy atom. The zero-order chi connectivity index (χ0) is 14.0. The van der Waals surface area contributed by atoms with Gasteiger partial charge in [0.05, 0.1) is 4.90 Å². The standard InChI is InChI=1S/C11H13BrN2O2S3/c1-14(5-10-2-8(12)6-17-10)19(15,16)11-3-9(4-13)18-7-11/h2-3,6-7H,4-5,13H2,1H3. The highest BCUT2D eigenvalue weighted by atomic mass is 79.9. The summed E-state index contributed by atoms with van der Waals surface area (Å²) < 4.78 is 27.0. The smallest absolute Gasteiger partial charge is 0.243 e. The number of rotatable bonds is 5. The predicted molar refractivity (Wildman–Crippen MR) is 82.9 cm³/mol. The van der Waals surface area contributed by atoms with Crippen molar-refractivity contribution in [2.45, 2.75) is 18.0 Å². The Morgan fingerprint density at radius 3 is 2.47 bits per heavy atom. The summed E-state index contributed by atoms with van der Waals surface area (Å²) >= 11 is 6.26. The van der Waals surface area contributed by atoms with Crippen LogP contribution in [0.25, 0.3) is 0 Å². The minimum absolute atomic E-state index is 0.316. The lowest BCUT2D eigenvalue weighted by molar-refractivity contribution is 0.470. The normalized spacial score (nSPS) is 12.2. The van der Waals surface area contributed by atoms with E-state index < -0.39 is 10.0 Å². The summed E-state index contributed by atoms with van der Waals surface area (Å²) in [5.41, 5.74) is 5.51. The van der Waals surface area contributed by atoms with Crippen molar-refractivity contribution in [3.63, 3.8) is 0 Å². The van der Waals surface area contributed by atoms with E-state index >= 15 is 0 Å². The molecule has 4 nitrogen and oxygen atoms in total. The van der Waals surface area contributed by atoms with E-state index in [-0.39, 0.29) is 0 Å². The fraction of sp³-hybridized carbons (Fsp3) is 0.273. The molecule has 2 aromatic rings. The second-order valence-corrected chi connectivity index (χ2v) is 8.90. The molecular weight excluding hydrogens is 368 g/mol. The lowest BCUT2D eigenvalue weighted by atomic mass is 10.5. The van der Waals surface area contributed by atoms with E-state index in [4.69, 9.17) is 5.73 Å². The highest BCUT2D eigenvalue weighted by Gasteiger charge is 2.22. The maximum absolute atomic E-state index is 12.4. The number of nitrogens with two attached hydrogens (primary N) is 1. The quantitative estimate of drug-likeness (QED) is 0.866. The Labute approximate surface area is 129 Å². The predicted octanol–water partition coefficient (Wildman–Crippen LogP) is 2.85. The minimum Gasteiger partial charge on any atom is -0.326 e. The lowest BCUT2D eigenvalue weighted by Gasteiger charge is -2.15. The van der Waals surface area contributed by atoms with Gasteiger partial charge in [-0.15, -0.1) is 22.7 Å². The Morgan fingerprint density at radius 1 is 1.26 bits per heavy atom. The van der Waals surface area contributed by atoms with Crippen molar-refractivity contribution in [3.05, 3.63) is 37.1 Å². The van der Waals surface area contributed by atoms with Crippen LogP contribution in [0.3, 0.4) is 0 Å². The molecule has 0 atom stereocenters. The molecule has 2 aromatic heterocycles. The van der Waals surface area contributed by atoms with E-state index in [0.717, 1.165) is 14.2 Å². The number of halogens is 1. The molecule has 2 N–H and O–H groups in total. The third-order valence-corrected chi connectivity index (χ3v) is 7.11. The first kappa shape index (κ1) is 15.1. The summed E-state index contributed by atoms with van der Waals surface area (Å²) in [4.78, 5) is 2.18. The topological polar surface area (TPSA) is 63.4 Å². The van der Waals surface area contributed by atoms with Crippen LogP contribution < -0.4 is 5.73 Å². The van der Waals surface area contributed by atoms with Crippen molar-refractivity contribution in [3.8, 4) is 0 Å². The van der Waals surface area contributed by atoms with Gasteiger partial charge in [0.1, 0.15) is 0 Å². The van der Waals surface area contributed by atoms with Gasteiger partial charge in [0.25, 0.3) is 0 Å². The first-order valence-corrected chi connectivity index (χ1v) is 9.39. The zero-order valence-electron chi connectivity index (χ0n) is 10.2. The van der Waals surface area contributed by atoms with Crippen LogP contribution in [0.15, 0.2) is 32.3 Å². The van der Waals surface area contributed by atoms with Crippen LogP contribution in [0, 0.1) is 0 Å². The second kappa shape index (κ2) is 6.02. The third kappa shape index (κ3) is 3.45. The molecular formula is C11H13BrN2O2S3. The van der Waals surface area contributed by atoms with Crippen LogP contribution in [0.1, 0.15) is 9.75 Å². The van der Waals surface area contributed by atoms with E-state index in [1.54, 1.807) is 18.5 Å². The van der Waals surface area contributed by atoms with E-state index in [2.05, 4.69) is 15.9 Å². The average molecular weight is 381 g/mol. The van der Waals surface area contributed by atoms with E-state index in [0.29, 0.717) is 18.0 Å². The maximum Gasteiger partial charge on any atom is 0.243 e. The molecule has 8 heteroatoms. The van der Waals surface area contributed by atoms with Crippen LogP contribution in [-0.4, -0.2) is 19.8 Å². The van der Waals surface area contributed by atoms with Crippen LogP contribution in [0.4, 0.5) is 0 Å². The van der Waals surface area contributed by atoms with Crippen molar-refractivity contribution >= 4 is 48.6 Å². The van der Waals surface area contributed by atoms with E-state index in [9.17, 15) is 8.42 Å². The molecule has 2 rings (SSSR count). The fourth-order valence-corrected chi connectivity index (χ4v) is 5.40. The Bertz CT molecular complexity index is 663. The van der Waals surface area contributed by atoms with Crippen LogP contribution in [0.2, 0.25) is 0 Å². The van der Waals surface area contributed by atoms with Gasteiger partial charge in [0, 0.05) is 45.1 Å². The van der Waals surface area contributed by atoms with Crippen molar-refractivity contribution in [2.24, 2.45) is 5.73 Å². The van der Waals surface area contributed by atoms with Gasteiger partial charge in [-0.25, -0.2) is 8.42 Å². The van der Waals surface area contributed by atoms with E-state index in [1.807, 2.05) is 11.4 Å². The van der Waals surface area contributed by atoms with Crippen LogP contribution in [0.5, 0.6) is 0 Å². The van der Waals surface area contributed by atoms with Gasteiger partial charge >= 0.3 is 0 Å². The molecule has 0 bridgehead atoms. The van der Waals surface area contributed by atoms with Gasteiger partial charge in [-0.3, -0.25) is 0 Å². The number of hydrogen-bond donors (Lipinski definition) is 1. The molecule has 0 saturated heterocycles. The Kier molecular flexibility index (Phi) is 4.80. The van der Waals surface area contributed by atoms with Crippen LogP contribution in [-0.2, 0) is 23.1 Å². The summed E-state index contributed by atoms with van der Waals surface area (Å²) in [6, 6.07) is 3.57. The molecule has 0 aliphatic rings. The number of sulfonamides is 1. The molecule has 0 amide bonds. The summed E-state index contributed by atoms with van der Waals surface area (Å²) in [6.45, 7) is 0.730. The second-order valence-electron chi connectivity index (χ2n) is 3.95. The molecule has 0 spiro atoms. The summed E-state index contributed by atoms with van der Waals surface area (Å²) in [5.74, 6) is 0. The molecule has 19 heavy (non-hydrogen) atoms. The SMILES string of the molecule is CN(Cc1cc(Br)cs1)S(=O)(=O)c1csc(CN)c1. The highest BCUT2D eigenvalue weighted by Crippen LogP contribution is 2.25. The molecule has 104 valence electrons. The minimum atomic E-state index is -3.44. The first-order chi connectivity index (χ1) is 8.93. The van der Waals surface area contributed by atoms with Crippen LogP contribution >= 0.6 is 38.6 Å². The first-order valence-electron chi connectivity index (χ1n) is 5.40. The number of nitrogens with zero attached hydrogens (tertiary/aromatic N) is 1. The molecule has 0 unspecified atom stereocenters. The Balaban J connectivity index is 2.19. The molecule has 0 aliphatic heterocycles. The van der Waals surface area contributed by atoms with Crippen molar-refractivity contribution in [1.82, 2.24) is 4.31 Å². The summed E-state index contributed by atoms with van der Waals surface area (Å²) in [6.07, 6.45) is 0. The average Bonchev–Trinajstić information content (AvgIpc) is 2.98. The monoisotopic (exact) mass is 380 g/mol. The number of hydrogen-bond acceptors (Lipinski definition) is 5. The fourth-order valence-electron chi connectivity index (χ4n) is 1.52. The largest absolute Gasteiger partial charge is 0.326 e. The highest BCUT2D eigenvalue weighted by molar-refractivity contribution is 9.10.